The van der Waals surface area contributed by atoms with Crippen molar-refractivity contribution in [2.75, 3.05) is 6.61 Å². The zero-order chi connectivity index (χ0) is 27.2. The largest absolute Gasteiger partial charge is 0.492 e. The molecule has 0 bridgehead atoms. The molecule has 204 valence electrons. The Hall–Kier alpha value is -2.73. The van der Waals surface area contributed by atoms with Crippen LogP contribution in [0.1, 0.15) is 100 Å². The lowest BCUT2D eigenvalue weighted by Gasteiger charge is -2.15. The number of benzene rings is 2. The van der Waals surface area contributed by atoms with E-state index in [0.29, 0.717) is 28.2 Å². The second-order valence-corrected chi connectivity index (χ2v) is 10.7. The number of hydrogen-bond donors (Lipinski definition) is 1. The maximum Gasteiger partial charge on any atom is 0.336 e. The Labute approximate surface area is 236 Å². The van der Waals surface area contributed by atoms with E-state index >= 15 is 0 Å². The molecule has 0 saturated carbocycles. The van der Waals surface area contributed by atoms with Crippen molar-refractivity contribution in [3.8, 4) is 28.3 Å². The summed E-state index contributed by atoms with van der Waals surface area (Å²) in [4.78, 5) is 21.2. The van der Waals surface area contributed by atoms with Gasteiger partial charge in [0.2, 0.25) is 0 Å². The van der Waals surface area contributed by atoms with Crippen LogP contribution in [0.4, 0.5) is 0 Å². The van der Waals surface area contributed by atoms with Crippen molar-refractivity contribution in [2.45, 2.75) is 90.9 Å². The molecule has 38 heavy (non-hydrogen) atoms. The molecule has 3 aromatic rings. The van der Waals surface area contributed by atoms with Crippen LogP contribution in [-0.2, 0) is 6.42 Å². The number of aromatic nitrogens is 2. The molecule has 5 nitrogen and oxygen atoms in total. The lowest BCUT2D eigenvalue weighted by atomic mass is 9.98. The average Bonchev–Trinajstić information content (AvgIpc) is 2.93. The maximum atomic E-state index is 12.0. The third kappa shape index (κ3) is 8.93. The number of aryl methyl sites for hydroxylation is 1. The molecule has 1 N–H and O–H groups in total. The van der Waals surface area contributed by atoms with Crippen LogP contribution in [0.25, 0.3) is 22.5 Å². The van der Waals surface area contributed by atoms with E-state index in [4.69, 9.17) is 4.74 Å². The van der Waals surface area contributed by atoms with Gasteiger partial charge in [-0.2, -0.15) is 0 Å². The molecule has 3 rings (SSSR count). The van der Waals surface area contributed by atoms with Gasteiger partial charge in [-0.15, -0.1) is 0 Å². The zero-order valence-electron chi connectivity index (χ0n) is 22.8. The molecule has 0 aliphatic carbocycles. The minimum atomic E-state index is -0.973. The molecular weight excluding hydrogens is 540 g/mol. The van der Waals surface area contributed by atoms with Gasteiger partial charge >= 0.3 is 5.97 Å². The van der Waals surface area contributed by atoms with Gasteiger partial charge in [-0.3, -0.25) is 0 Å². The van der Waals surface area contributed by atoms with Crippen molar-refractivity contribution in [3.63, 3.8) is 0 Å². The quantitative estimate of drug-likeness (QED) is 0.161. The number of hydrogen-bond acceptors (Lipinski definition) is 4. The highest BCUT2D eigenvalue weighted by Crippen LogP contribution is 2.39. The Morgan fingerprint density at radius 2 is 1.37 bits per heavy atom. The molecule has 2 aromatic carbocycles. The Kier molecular flexibility index (Phi) is 12.8. The Bertz CT molecular complexity index is 1130. The zero-order valence-corrected chi connectivity index (χ0v) is 24.4. The molecule has 1 aromatic heterocycles. The molecule has 0 aliphatic heterocycles. The SMILES string of the molecule is CCCCCCCCCc1cnc(-c2ccc(-c3c(C(=O)O)ccc(OCCCCCC)c3Br)cc2)nc1. The second-order valence-electron chi connectivity index (χ2n) is 9.88. The van der Waals surface area contributed by atoms with Gasteiger partial charge in [0.1, 0.15) is 5.75 Å². The maximum absolute atomic E-state index is 12.0. The number of halogens is 1. The van der Waals surface area contributed by atoms with Crippen LogP contribution in [0.5, 0.6) is 5.75 Å². The fraction of sp³-hybridized carbons (Fsp3) is 0.469. The molecule has 0 fully saturated rings. The number of nitrogens with zero attached hydrogens (tertiary/aromatic N) is 2. The highest BCUT2D eigenvalue weighted by Gasteiger charge is 2.19. The van der Waals surface area contributed by atoms with Crippen molar-refractivity contribution in [2.24, 2.45) is 0 Å². The number of aromatic carboxylic acids is 1. The summed E-state index contributed by atoms with van der Waals surface area (Å²) < 4.78 is 6.64. The van der Waals surface area contributed by atoms with Crippen LogP contribution in [0, 0.1) is 0 Å². The molecule has 0 saturated heterocycles. The van der Waals surface area contributed by atoms with Gasteiger partial charge in [0.15, 0.2) is 5.82 Å². The van der Waals surface area contributed by atoms with E-state index in [-0.39, 0.29) is 5.56 Å². The number of carboxylic acid groups (broad SMARTS) is 1. The fourth-order valence-electron chi connectivity index (χ4n) is 4.54. The molecule has 0 radical (unpaired) electrons. The Morgan fingerprint density at radius 1 is 0.789 bits per heavy atom. The molecule has 0 spiro atoms. The average molecular weight is 582 g/mol. The Balaban J connectivity index is 1.66. The number of carboxylic acids is 1. The van der Waals surface area contributed by atoms with Crippen LogP contribution in [0.3, 0.4) is 0 Å². The number of carbonyl (C=O) groups is 1. The van der Waals surface area contributed by atoms with E-state index in [1.165, 1.54) is 63.4 Å². The van der Waals surface area contributed by atoms with Crippen molar-refractivity contribution in [1.29, 1.82) is 0 Å². The molecule has 1 heterocycles. The normalized spacial score (nSPS) is 11.0. The van der Waals surface area contributed by atoms with Crippen LogP contribution < -0.4 is 4.74 Å². The molecule has 6 heteroatoms. The van der Waals surface area contributed by atoms with Crippen LogP contribution in [0.2, 0.25) is 0 Å². The first-order valence-corrected chi connectivity index (χ1v) is 14.9. The first-order valence-electron chi connectivity index (χ1n) is 14.2. The van der Waals surface area contributed by atoms with E-state index in [9.17, 15) is 9.90 Å². The van der Waals surface area contributed by atoms with Gasteiger partial charge in [0.05, 0.1) is 16.6 Å². The predicted molar refractivity (Wildman–Crippen MR) is 159 cm³/mol. The number of ether oxygens (including phenoxy) is 1. The topological polar surface area (TPSA) is 72.3 Å². The first-order chi connectivity index (χ1) is 18.5. The summed E-state index contributed by atoms with van der Waals surface area (Å²) in [5, 5.41) is 9.82. The van der Waals surface area contributed by atoms with Gasteiger partial charge in [0.25, 0.3) is 0 Å². The standard InChI is InChI=1S/C32H41BrN2O3/c1-3-5-7-9-10-11-12-14-24-22-34-31(35-23-24)26-17-15-25(16-18-26)29-27(32(36)37)19-20-28(30(29)33)38-21-13-8-6-4-2/h15-20,22-23H,3-14,21H2,1-2H3,(H,36,37). The van der Waals surface area contributed by atoms with Gasteiger partial charge in [-0.1, -0.05) is 95.9 Å². The van der Waals surface area contributed by atoms with Gasteiger partial charge in [-0.25, -0.2) is 14.8 Å². The minimum Gasteiger partial charge on any atom is -0.492 e. The highest BCUT2D eigenvalue weighted by molar-refractivity contribution is 9.10. The molecule has 0 atom stereocenters. The summed E-state index contributed by atoms with van der Waals surface area (Å²) in [5.74, 6) is 0.353. The Morgan fingerprint density at radius 3 is 2.00 bits per heavy atom. The third-order valence-electron chi connectivity index (χ3n) is 6.80. The molecular formula is C32H41BrN2O3. The van der Waals surface area contributed by atoms with Crippen molar-refractivity contribution in [1.82, 2.24) is 9.97 Å². The summed E-state index contributed by atoms with van der Waals surface area (Å²) in [6.45, 7) is 5.03. The smallest absolute Gasteiger partial charge is 0.336 e. The van der Waals surface area contributed by atoms with Gasteiger partial charge in [0, 0.05) is 23.5 Å². The van der Waals surface area contributed by atoms with Crippen LogP contribution in [-0.4, -0.2) is 27.7 Å². The summed E-state index contributed by atoms with van der Waals surface area (Å²) in [6, 6.07) is 11.1. The lowest BCUT2D eigenvalue weighted by molar-refractivity contribution is 0.0697. The van der Waals surface area contributed by atoms with Crippen molar-refractivity contribution >= 4 is 21.9 Å². The van der Waals surface area contributed by atoms with E-state index < -0.39 is 5.97 Å². The van der Waals surface area contributed by atoms with Gasteiger partial charge < -0.3 is 9.84 Å². The highest BCUT2D eigenvalue weighted by atomic mass is 79.9. The fourth-order valence-corrected chi connectivity index (χ4v) is 5.23. The first kappa shape index (κ1) is 29.8. The molecule has 0 aliphatic rings. The lowest BCUT2D eigenvalue weighted by Crippen LogP contribution is -2.04. The van der Waals surface area contributed by atoms with E-state index in [1.807, 2.05) is 36.7 Å². The number of rotatable bonds is 17. The van der Waals surface area contributed by atoms with E-state index in [1.54, 1.807) is 12.1 Å². The second kappa shape index (κ2) is 16.3. The predicted octanol–water partition coefficient (Wildman–Crippen LogP) is 9.52. The third-order valence-corrected chi connectivity index (χ3v) is 7.59. The molecule has 0 unspecified atom stereocenters. The van der Waals surface area contributed by atoms with E-state index in [0.717, 1.165) is 30.4 Å². The summed E-state index contributed by atoms with van der Waals surface area (Å²) in [6.07, 6.45) is 18.4. The summed E-state index contributed by atoms with van der Waals surface area (Å²) in [7, 11) is 0. The van der Waals surface area contributed by atoms with Crippen molar-refractivity contribution < 1.29 is 14.6 Å². The number of unbranched alkanes of at least 4 members (excludes halogenated alkanes) is 9. The van der Waals surface area contributed by atoms with Crippen LogP contribution >= 0.6 is 15.9 Å². The minimum absolute atomic E-state index is 0.230. The van der Waals surface area contributed by atoms with Gasteiger partial charge in [-0.05, 0) is 58.5 Å². The van der Waals surface area contributed by atoms with Crippen molar-refractivity contribution in [3.05, 3.63) is 64.4 Å². The summed E-state index contributed by atoms with van der Waals surface area (Å²) in [5.41, 5.74) is 3.70. The molecule has 0 amide bonds. The summed E-state index contributed by atoms with van der Waals surface area (Å²) >= 11 is 3.62. The monoisotopic (exact) mass is 580 g/mol. The van der Waals surface area contributed by atoms with Crippen LogP contribution in [0.15, 0.2) is 53.3 Å². The van der Waals surface area contributed by atoms with E-state index in [2.05, 4.69) is 39.7 Å².